The van der Waals surface area contributed by atoms with Gasteiger partial charge in [0.2, 0.25) is 0 Å². The Hall–Kier alpha value is -1.91. The van der Waals surface area contributed by atoms with Crippen molar-refractivity contribution < 1.29 is 9.47 Å². The molecule has 1 aromatic heterocycles. The molecular weight excluding hydrogens is 264 g/mol. The molecule has 2 aromatic rings. The van der Waals surface area contributed by atoms with Crippen molar-refractivity contribution in [3.63, 3.8) is 0 Å². The van der Waals surface area contributed by atoms with Crippen molar-refractivity contribution in [2.75, 3.05) is 20.3 Å². The molecule has 2 rings (SSSR count). The average Bonchev–Trinajstić information content (AvgIpc) is 2.54. The first kappa shape index (κ1) is 15.5. The summed E-state index contributed by atoms with van der Waals surface area (Å²) in [7, 11) is 1.66. The molecule has 0 saturated heterocycles. The van der Waals surface area contributed by atoms with Gasteiger partial charge in [0, 0.05) is 31.1 Å². The molecule has 4 heteroatoms. The Bertz CT molecular complexity index is 531. The highest BCUT2D eigenvalue weighted by molar-refractivity contribution is 5.35. The molecule has 1 heterocycles. The molecule has 0 aliphatic rings. The number of aryl methyl sites for hydroxylation is 1. The van der Waals surface area contributed by atoms with Gasteiger partial charge in [0.25, 0.3) is 0 Å². The number of nitrogens with two attached hydrogens (primary N) is 1. The molecule has 0 aliphatic carbocycles. The Labute approximate surface area is 125 Å². The van der Waals surface area contributed by atoms with Crippen LogP contribution in [0.1, 0.15) is 23.6 Å². The second-order valence-corrected chi connectivity index (χ2v) is 4.88. The van der Waals surface area contributed by atoms with Gasteiger partial charge in [-0.2, -0.15) is 0 Å². The zero-order chi connectivity index (χ0) is 14.9. The van der Waals surface area contributed by atoms with Gasteiger partial charge in [-0.1, -0.05) is 18.2 Å². The molecular formula is C17H22N2O2. The van der Waals surface area contributed by atoms with Gasteiger partial charge in [0.05, 0.1) is 6.61 Å². The zero-order valence-corrected chi connectivity index (χ0v) is 12.4. The number of aromatic nitrogens is 1. The Morgan fingerprint density at radius 2 is 1.86 bits per heavy atom. The first-order chi connectivity index (χ1) is 10.3. The van der Waals surface area contributed by atoms with Gasteiger partial charge >= 0.3 is 0 Å². The monoisotopic (exact) mass is 286 g/mol. The average molecular weight is 286 g/mol. The first-order valence-electron chi connectivity index (χ1n) is 7.16. The Kier molecular flexibility index (Phi) is 6.19. The van der Waals surface area contributed by atoms with Gasteiger partial charge in [-0.15, -0.1) is 0 Å². The van der Waals surface area contributed by atoms with Crippen LogP contribution in [0.2, 0.25) is 0 Å². The SMILES string of the molecule is COCCOc1ccccc1C(N)CCc1ccncc1. The number of rotatable bonds is 8. The maximum atomic E-state index is 6.32. The molecule has 0 radical (unpaired) electrons. The van der Waals surface area contributed by atoms with Crippen LogP contribution in [0, 0.1) is 0 Å². The summed E-state index contributed by atoms with van der Waals surface area (Å²) >= 11 is 0. The van der Waals surface area contributed by atoms with Crippen molar-refractivity contribution in [1.82, 2.24) is 4.98 Å². The molecule has 2 N–H and O–H groups in total. The quantitative estimate of drug-likeness (QED) is 0.758. The highest BCUT2D eigenvalue weighted by Gasteiger charge is 2.11. The number of pyridine rings is 1. The minimum absolute atomic E-state index is 0.0445. The number of hydrogen-bond donors (Lipinski definition) is 1. The van der Waals surface area contributed by atoms with E-state index in [4.69, 9.17) is 15.2 Å². The molecule has 0 saturated carbocycles. The summed E-state index contributed by atoms with van der Waals surface area (Å²) < 4.78 is 10.7. The van der Waals surface area contributed by atoms with Crippen molar-refractivity contribution in [3.05, 3.63) is 59.9 Å². The number of nitrogens with zero attached hydrogens (tertiary/aromatic N) is 1. The number of para-hydroxylation sites is 1. The lowest BCUT2D eigenvalue weighted by Gasteiger charge is -2.17. The van der Waals surface area contributed by atoms with Gasteiger partial charge in [-0.3, -0.25) is 4.98 Å². The van der Waals surface area contributed by atoms with Crippen LogP contribution in [0.4, 0.5) is 0 Å². The van der Waals surface area contributed by atoms with E-state index >= 15 is 0 Å². The summed E-state index contributed by atoms with van der Waals surface area (Å²) in [4.78, 5) is 4.02. The van der Waals surface area contributed by atoms with Crippen molar-refractivity contribution in [2.45, 2.75) is 18.9 Å². The summed E-state index contributed by atoms with van der Waals surface area (Å²) in [5.74, 6) is 0.844. The predicted octanol–water partition coefficient (Wildman–Crippen LogP) is 2.74. The lowest BCUT2D eigenvalue weighted by molar-refractivity contribution is 0.145. The normalized spacial score (nSPS) is 12.1. The third kappa shape index (κ3) is 4.85. The minimum atomic E-state index is -0.0445. The van der Waals surface area contributed by atoms with Crippen LogP contribution < -0.4 is 10.5 Å². The predicted molar refractivity (Wildman–Crippen MR) is 83.3 cm³/mol. The molecule has 4 nitrogen and oxygen atoms in total. The van der Waals surface area contributed by atoms with Gasteiger partial charge < -0.3 is 15.2 Å². The van der Waals surface area contributed by atoms with E-state index in [1.165, 1.54) is 5.56 Å². The molecule has 21 heavy (non-hydrogen) atoms. The fraction of sp³-hybridized carbons (Fsp3) is 0.353. The van der Waals surface area contributed by atoms with Gasteiger partial charge in [0.1, 0.15) is 12.4 Å². The Morgan fingerprint density at radius 1 is 1.10 bits per heavy atom. The van der Waals surface area contributed by atoms with E-state index in [2.05, 4.69) is 4.98 Å². The van der Waals surface area contributed by atoms with E-state index in [-0.39, 0.29) is 6.04 Å². The summed E-state index contributed by atoms with van der Waals surface area (Å²) in [6.45, 7) is 1.10. The van der Waals surface area contributed by atoms with E-state index in [1.807, 2.05) is 48.8 Å². The van der Waals surface area contributed by atoms with E-state index < -0.39 is 0 Å². The van der Waals surface area contributed by atoms with Crippen LogP contribution in [-0.4, -0.2) is 25.3 Å². The summed E-state index contributed by atoms with van der Waals surface area (Å²) in [6, 6.07) is 11.9. The largest absolute Gasteiger partial charge is 0.491 e. The Balaban J connectivity index is 1.96. The van der Waals surface area contributed by atoms with Crippen molar-refractivity contribution in [2.24, 2.45) is 5.73 Å². The number of benzene rings is 1. The second-order valence-electron chi connectivity index (χ2n) is 4.88. The molecule has 0 fully saturated rings. The van der Waals surface area contributed by atoms with E-state index in [0.29, 0.717) is 13.2 Å². The molecule has 1 aromatic carbocycles. The number of ether oxygens (including phenoxy) is 2. The highest BCUT2D eigenvalue weighted by atomic mass is 16.5. The van der Waals surface area contributed by atoms with E-state index in [1.54, 1.807) is 7.11 Å². The zero-order valence-electron chi connectivity index (χ0n) is 12.4. The molecule has 1 atom stereocenters. The summed E-state index contributed by atoms with van der Waals surface area (Å²) in [5.41, 5.74) is 8.61. The standard InChI is InChI=1S/C17H22N2O2/c1-20-12-13-21-17-5-3-2-4-15(17)16(18)7-6-14-8-10-19-11-9-14/h2-5,8-11,16H,6-7,12-13,18H2,1H3. The van der Waals surface area contributed by atoms with Crippen LogP contribution in [0.5, 0.6) is 5.75 Å². The number of methoxy groups -OCH3 is 1. The first-order valence-corrected chi connectivity index (χ1v) is 7.16. The third-order valence-corrected chi connectivity index (χ3v) is 3.36. The second kappa shape index (κ2) is 8.39. The van der Waals surface area contributed by atoms with Gasteiger partial charge in [0.15, 0.2) is 0 Å². The fourth-order valence-corrected chi connectivity index (χ4v) is 2.18. The fourth-order valence-electron chi connectivity index (χ4n) is 2.18. The lowest BCUT2D eigenvalue weighted by atomic mass is 9.99. The molecule has 112 valence electrons. The maximum Gasteiger partial charge on any atom is 0.124 e. The summed E-state index contributed by atoms with van der Waals surface area (Å²) in [5, 5.41) is 0. The molecule has 0 spiro atoms. The molecule has 0 aliphatic heterocycles. The van der Waals surface area contributed by atoms with Crippen LogP contribution in [0.15, 0.2) is 48.8 Å². The summed E-state index contributed by atoms with van der Waals surface area (Å²) in [6.07, 6.45) is 5.41. The minimum Gasteiger partial charge on any atom is -0.491 e. The van der Waals surface area contributed by atoms with E-state index in [9.17, 15) is 0 Å². The van der Waals surface area contributed by atoms with Crippen molar-refractivity contribution in [1.29, 1.82) is 0 Å². The van der Waals surface area contributed by atoms with Crippen molar-refractivity contribution in [3.8, 4) is 5.75 Å². The topological polar surface area (TPSA) is 57.4 Å². The van der Waals surface area contributed by atoms with Crippen LogP contribution in [0.3, 0.4) is 0 Å². The maximum absolute atomic E-state index is 6.32. The smallest absolute Gasteiger partial charge is 0.124 e. The van der Waals surface area contributed by atoms with E-state index in [0.717, 1.165) is 24.2 Å². The van der Waals surface area contributed by atoms with Gasteiger partial charge in [-0.05, 0) is 36.6 Å². The number of hydrogen-bond acceptors (Lipinski definition) is 4. The molecule has 0 bridgehead atoms. The third-order valence-electron chi connectivity index (χ3n) is 3.36. The lowest BCUT2D eigenvalue weighted by Crippen LogP contribution is -2.14. The van der Waals surface area contributed by atoms with Crippen molar-refractivity contribution >= 4 is 0 Å². The van der Waals surface area contributed by atoms with Crippen LogP contribution >= 0.6 is 0 Å². The molecule has 0 amide bonds. The highest BCUT2D eigenvalue weighted by Crippen LogP contribution is 2.26. The van der Waals surface area contributed by atoms with Gasteiger partial charge in [-0.25, -0.2) is 0 Å². The Morgan fingerprint density at radius 3 is 2.62 bits per heavy atom. The van der Waals surface area contributed by atoms with Crippen LogP contribution in [0.25, 0.3) is 0 Å². The van der Waals surface area contributed by atoms with Crippen LogP contribution in [-0.2, 0) is 11.2 Å². The molecule has 1 unspecified atom stereocenters.